The summed E-state index contributed by atoms with van der Waals surface area (Å²) in [4.78, 5) is 12.0. The van der Waals surface area contributed by atoms with E-state index in [0.717, 1.165) is 24.1 Å². The summed E-state index contributed by atoms with van der Waals surface area (Å²) in [6.45, 7) is 6.27. The number of hydrogen-bond donors (Lipinski definition) is 3. The molecule has 0 saturated heterocycles. The van der Waals surface area contributed by atoms with Crippen LogP contribution in [-0.2, 0) is 0 Å². The van der Waals surface area contributed by atoms with Crippen LogP contribution in [0.1, 0.15) is 45.2 Å². The standard InChI is InChI=1S/C18H27N5O2/c1-4-14(5-2)17(24)12-19-18(25)21-13(3)15-6-8-16(9-7-15)23-11-10-20-22-23/h6-11,13-14,17,24H,4-5,12H2,1-3H3,(H2,19,21,25). The second-order valence-corrected chi connectivity index (χ2v) is 6.16. The number of aliphatic hydroxyl groups excluding tert-OH is 1. The van der Waals surface area contributed by atoms with Crippen molar-refractivity contribution in [1.29, 1.82) is 0 Å². The SMILES string of the molecule is CCC(CC)C(O)CNC(=O)NC(C)c1ccc(-n2ccnn2)cc1. The van der Waals surface area contributed by atoms with Crippen molar-refractivity contribution in [1.82, 2.24) is 25.6 Å². The molecule has 0 aliphatic carbocycles. The predicted octanol–water partition coefficient (Wildman–Crippen LogP) is 2.42. The minimum Gasteiger partial charge on any atom is -0.391 e. The van der Waals surface area contributed by atoms with E-state index in [9.17, 15) is 9.90 Å². The van der Waals surface area contributed by atoms with Gasteiger partial charge in [0, 0.05) is 6.54 Å². The zero-order valence-corrected chi connectivity index (χ0v) is 15.0. The maximum absolute atomic E-state index is 12.0. The largest absolute Gasteiger partial charge is 0.391 e. The van der Waals surface area contributed by atoms with Gasteiger partial charge in [-0.2, -0.15) is 0 Å². The Bertz CT molecular complexity index is 638. The lowest BCUT2D eigenvalue weighted by Gasteiger charge is -2.21. The van der Waals surface area contributed by atoms with Crippen molar-refractivity contribution in [3.63, 3.8) is 0 Å². The van der Waals surface area contributed by atoms with Gasteiger partial charge in [-0.05, 0) is 30.5 Å². The summed E-state index contributed by atoms with van der Waals surface area (Å²) in [5.41, 5.74) is 1.89. The molecule has 3 N–H and O–H groups in total. The quantitative estimate of drug-likeness (QED) is 0.685. The van der Waals surface area contributed by atoms with E-state index in [1.54, 1.807) is 17.1 Å². The number of rotatable bonds is 8. The molecule has 0 aliphatic heterocycles. The van der Waals surface area contributed by atoms with E-state index in [1.165, 1.54) is 0 Å². The normalized spacial score (nSPS) is 13.5. The smallest absolute Gasteiger partial charge is 0.315 e. The van der Waals surface area contributed by atoms with Gasteiger partial charge in [0.25, 0.3) is 0 Å². The lowest BCUT2D eigenvalue weighted by molar-refractivity contribution is 0.103. The van der Waals surface area contributed by atoms with Gasteiger partial charge in [0.05, 0.1) is 30.2 Å². The Kier molecular flexibility index (Phi) is 6.94. The van der Waals surface area contributed by atoms with E-state index in [1.807, 2.05) is 45.0 Å². The van der Waals surface area contributed by atoms with Gasteiger partial charge in [0.15, 0.2) is 0 Å². The highest BCUT2D eigenvalue weighted by Gasteiger charge is 2.17. The lowest BCUT2D eigenvalue weighted by atomic mass is 9.97. The molecule has 0 fully saturated rings. The van der Waals surface area contributed by atoms with E-state index in [2.05, 4.69) is 20.9 Å². The molecule has 0 radical (unpaired) electrons. The second-order valence-electron chi connectivity index (χ2n) is 6.16. The fourth-order valence-electron chi connectivity index (χ4n) is 2.79. The molecule has 7 nitrogen and oxygen atoms in total. The zero-order chi connectivity index (χ0) is 18.2. The molecule has 1 aromatic carbocycles. The Labute approximate surface area is 148 Å². The molecule has 0 saturated carbocycles. The van der Waals surface area contributed by atoms with Crippen LogP contribution in [0.3, 0.4) is 0 Å². The van der Waals surface area contributed by atoms with Crippen LogP contribution in [0.5, 0.6) is 0 Å². The van der Waals surface area contributed by atoms with Crippen molar-refractivity contribution >= 4 is 6.03 Å². The molecule has 25 heavy (non-hydrogen) atoms. The summed E-state index contributed by atoms with van der Waals surface area (Å²) in [6, 6.07) is 7.32. The maximum Gasteiger partial charge on any atom is 0.315 e. The molecule has 2 rings (SSSR count). The fourth-order valence-corrected chi connectivity index (χ4v) is 2.79. The summed E-state index contributed by atoms with van der Waals surface area (Å²) >= 11 is 0. The minimum absolute atomic E-state index is 0.143. The van der Waals surface area contributed by atoms with Crippen LogP contribution in [0.4, 0.5) is 4.79 Å². The van der Waals surface area contributed by atoms with Gasteiger partial charge < -0.3 is 15.7 Å². The van der Waals surface area contributed by atoms with Gasteiger partial charge in [0.2, 0.25) is 0 Å². The Balaban J connectivity index is 1.84. The number of amides is 2. The van der Waals surface area contributed by atoms with Crippen molar-refractivity contribution in [3.8, 4) is 5.69 Å². The summed E-state index contributed by atoms with van der Waals surface area (Å²) in [5, 5.41) is 23.4. The highest BCUT2D eigenvalue weighted by atomic mass is 16.3. The molecule has 1 aromatic heterocycles. The molecule has 0 aliphatic rings. The number of carbonyl (C=O) groups is 1. The second kappa shape index (κ2) is 9.17. The third-order valence-electron chi connectivity index (χ3n) is 4.49. The molecule has 0 bridgehead atoms. The van der Waals surface area contributed by atoms with Crippen LogP contribution < -0.4 is 10.6 Å². The van der Waals surface area contributed by atoms with Gasteiger partial charge in [-0.15, -0.1) is 5.10 Å². The zero-order valence-electron chi connectivity index (χ0n) is 15.0. The summed E-state index contributed by atoms with van der Waals surface area (Å²) in [6.07, 6.45) is 4.68. The fraction of sp³-hybridized carbons (Fsp3) is 0.500. The van der Waals surface area contributed by atoms with Gasteiger partial charge in [-0.1, -0.05) is 44.0 Å². The van der Waals surface area contributed by atoms with Crippen LogP contribution >= 0.6 is 0 Å². The van der Waals surface area contributed by atoms with Gasteiger partial charge in [-0.3, -0.25) is 0 Å². The first-order valence-corrected chi connectivity index (χ1v) is 8.74. The number of carbonyl (C=O) groups excluding carboxylic acids is 1. The highest BCUT2D eigenvalue weighted by Crippen LogP contribution is 2.15. The molecule has 2 amide bonds. The Morgan fingerprint density at radius 3 is 2.48 bits per heavy atom. The lowest BCUT2D eigenvalue weighted by Crippen LogP contribution is -2.42. The van der Waals surface area contributed by atoms with Crippen LogP contribution in [-0.4, -0.2) is 38.8 Å². The molecule has 136 valence electrons. The average molecular weight is 345 g/mol. The van der Waals surface area contributed by atoms with E-state index in [0.29, 0.717) is 0 Å². The number of urea groups is 1. The molecule has 7 heteroatoms. The van der Waals surface area contributed by atoms with E-state index >= 15 is 0 Å². The minimum atomic E-state index is -0.516. The van der Waals surface area contributed by atoms with Crippen LogP contribution in [0.15, 0.2) is 36.7 Å². The number of nitrogens with one attached hydrogen (secondary N) is 2. The average Bonchev–Trinajstić information content (AvgIpc) is 3.16. The van der Waals surface area contributed by atoms with Crippen molar-refractivity contribution in [2.45, 2.75) is 45.8 Å². The van der Waals surface area contributed by atoms with E-state index in [4.69, 9.17) is 0 Å². The third kappa shape index (κ3) is 5.29. The maximum atomic E-state index is 12.0. The van der Waals surface area contributed by atoms with Crippen molar-refractivity contribution < 1.29 is 9.90 Å². The van der Waals surface area contributed by atoms with Crippen molar-refractivity contribution in [2.24, 2.45) is 5.92 Å². The Hall–Kier alpha value is -2.41. The first-order valence-electron chi connectivity index (χ1n) is 8.74. The summed E-state index contributed by atoms with van der Waals surface area (Å²) < 4.78 is 1.67. The third-order valence-corrected chi connectivity index (χ3v) is 4.49. The van der Waals surface area contributed by atoms with Gasteiger partial charge >= 0.3 is 6.03 Å². The molecular weight excluding hydrogens is 318 g/mol. The molecule has 2 aromatic rings. The van der Waals surface area contributed by atoms with Crippen LogP contribution in [0.2, 0.25) is 0 Å². The first-order chi connectivity index (χ1) is 12.0. The topological polar surface area (TPSA) is 92.1 Å². The predicted molar refractivity (Wildman–Crippen MR) is 96.4 cm³/mol. The molecule has 2 unspecified atom stereocenters. The van der Waals surface area contributed by atoms with E-state index in [-0.39, 0.29) is 24.5 Å². The number of aliphatic hydroxyl groups is 1. The number of aromatic nitrogens is 3. The van der Waals surface area contributed by atoms with Crippen LogP contribution in [0.25, 0.3) is 5.69 Å². The Morgan fingerprint density at radius 1 is 1.24 bits per heavy atom. The van der Waals surface area contributed by atoms with E-state index < -0.39 is 6.10 Å². The Morgan fingerprint density at radius 2 is 1.92 bits per heavy atom. The first kappa shape index (κ1) is 18.9. The molecule has 0 spiro atoms. The summed E-state index contributed by atoms with van der Waals surface area (Å²) in [5.74, 6) is 0.210. The monoisotopic (exact) mass is 345 g/mol. The van der Waals surface area contributed by atoms with Crippen LogP contribution in [0, 0.1) is 5.92 Å². The van der Waals surface area contributed by atoms with Crippen molar-refractivity contribution in [3.05, 3.63) is 42.2 Å². The molecule has 1 heterocycles. The highest BCUT2D eigenvalue weighted by molar-refractivity contribution is 5.74. The molecular formula is C18H27N5O2. The van der Waals surface area contributed by atoms with Gasteiger partial charge in [-0.25, -0.2) is 9.48 Å². The van der Waals surface area contributed by atoms with Gasteiger partial charge in [0.1, 0.15) is 0 Å². The number of nitrogens with zero attached hydrogens (tertiary/aromatic N) is 3. The summed E-state index contributed by atoms with van der Waals surface area (Å²) in [7, 11) is 0. The van der Waals surface area contributed by atoms with Crippen molar-refractivity contribution in [2.75, 3.05) is 6.54 Å². The molecule has 2 atom stereocenters. The number of hydrogen-bond acceptors (Lipinski definition) is 4. The number of benzene rings is 1.